The minimum atomic E-state index is 0.602. The monoisotopic (exact) mass is 310 g/mol. The predicted octanol–water partition coefficient (Wildman–Crippen LogP) is 2.69. The van der Waals surface area contributed by atoms with E-state index in [0.29, 0.717) is 5.92 Å². The first-order valence-corrected chi connectivity index (χ1v) is 8.31. The van der Waals surface area contributed by atoms with Crippen LogP contribution in [0.1, 0.15) is 24.6 Å². The van der Waals surface area contributed by atoms with Gasteiger partial charge < -0.3 is 14.5 Å². The van der Waals surface area contributed by atoms with Crippen LogP contribution in [0.4, 0.5) is 11.5 Å². The summed E-state index contributed by atoms with van der Waals surface area (Å²) < 4.78 is 5.48. The van der Waals surface area contributed by atoms with Crippen molar-refractivity contribution in [3.05, 3.63) is 42.4 Å². The summed E-state index contributed by atoms with van der Waals surface area (Å²) in [5.74, 6) is 3.64. The normalized spacial score (nSPS) is 18.1. The predicted molar refractivity (Wildman–Crippen MR) is 91.4 cm³/mol. The summed E-state index contributed by atoms with van der Waals surface area (Å²) in [4.78, 5) is 13.9. The Morgan fingerprint density at radius 3 is 2.48 bits per heavy atom. The SMILES string of the molecule is COc1ccccc1N1CCN(c2ccnc(C3CC3)n2)CC1. The van der Waals surface area contributed by atoms with Gasteiger partial charge in [-0.2, -0.15) is 0 Å². The second kappa shape index (κ2) is 6.07. The van der Waals surface area contributed by atoms with Crippen molar-refractivity contribution < 1.29 is 4.74 Å². The molecule has 1 aliphatic heterocycles. The Bertz CT molecular complexity index is 678. The molecule has 2 aliphatic rings. The van der Waals surface area contributed by atoms with E-state index in [1.54, 1.807) is 7.11 Å². The summed E-state index contributed by atoms with van der Waals surface area (Å²) in [5, 5.41) is 0. The fraction of sp³-hybridized carbons (Fsp3) is 0.444. The standard InChI is InChI=1S/C18H22N4O/c1-23-16-5-3-2-4-15(16)21-10-12-22(13-11-21)17-8-9-19-18(20-17)14-6-7-14/h2-5,8-9,14H,6-7,10-13H2,1H3. The van der Waals surface area contributed by atoms with E-state index >= 15 is 0 Å². The maximum Gasteiger partial charge on any atom is 0.142 e. The highest BCUT2D eigenvalue weighted by atomic mass is 16.5. The van der Waals surface area contributed by atoms with Gasteiger partial charge in [0.2, 0.25) is 0 Å². The molecular formula is C18H22N4O. The van der Waals surface area contributed by atoms with Gasteiger partial charge in [0, 0.05) is 38.3 Å². The van der Waals surface area contributed by atoms with E-state index in [0.717, 1.165) is 43.6 Å². The third-order valence-corrected chi connectivity index (χ3v) is 4.63. The number of hydrogen-bond acceptors (Lipinski definition) is 5. The second-order valence-electron chi connectivity index (χ2n) is 6.19. The molecule has 120 valence electrons. The Labute approximate surface area is 136 Å². The fourth-order valence-corrected chi connectivity index (χ4v) is 3.15. The van der Waals surface area contributed by atoms with Crippen molar-refractivity contribution in [1.82, 2.24) is 9.97 Å². The summed E-state index contributed by atoms with van der Waals surface area (Å²) in [7, 11) is 1.73. The number of aromatic nitrogens is 2. The number of piperazine rings is 1. The Morgan fingerprint density at radius 1 is 1.00 bits per heavy atom. The smallest absolute Gasteiger partial charge is 0.142 e. The Kier molecular flexibility index (Phi) is 3.77. The Morgan fingerprint density at radius 2 is 1.74 bits per heavy atom. The van der Waals surface area contributed by atoms with E-state index in [4.69, 9.17) is 9.72 Å². The molecule has 1 aliphatic carbocycles. The molecule has 0 atom stereocenters. The number of benzene rings is 1. The molecule has 0 spiro atoms. The third-order valence-electron chi connectivity index (χ3n) is 4.63. The van der Waals surface area contributed by atoms with Crippen molar-refractivity contribution in [2.24, 2.45) is 0 Å². The van der Waals surface area contributed by atoms with Crippen LogP contribution in [0, 0.1) is 0 Å². The molecule has 1 aromatic carbocycles. The number of para-hydroxylation sites is 2. The van der Waals surface area contributed by atoms with Crippen LogP contribution in [0.5, 0.6) is 5.75 Å². The molecule has 2 fully saturated rings. The largest absolute Gasteiger partial charge is 0.495 e. The van der Waals surface area contributed by atoms with E-state index in [9.17, 15) is 0 Å². The Balaban J connectivity index is 1.45. The fourth-order valence-electron chi connectivity index (χ4n) is 3.15. The van der Waals surface area contributed by atoms with Gasteiger partial charge in [-0.25, -0.2) is 9.97 Å². The van der Waals surface area contributed by atoms with Crippen LogP contribution in [0.3, 0.4) is 0 Å². The van der Waals surface area contributed by atoms with Crippen molar-refractivity contribution in [1.29, 1.82) is 0 Å². The second-order valence-corrected chi connectivity index (χ2v) is 6.19. The summed E-state index contributed by atoms with van der Waals surface area (Å²) in [6.07, 6.45) is 4.39. The van der Waals surface area contributed by atoms with Crippen LogP contribution in [0.2, 0.25) is 0 Å². The van der Waals surface area contributed by atoms with Crippen LogP contribution in [0.25, 0.3) is 0 Å². The van der Waals surface area contributed by atoms with Crippen LogP contribution in [-0.4, -0.2) is 43.3 Å². The van der Waals surface area contributed by atoms with Gasteiger partial charge in [0.1, 0.15) is 17.4 Å². The maximum atomic E-state index is 5.48. The number of anilines is 2. The summed E-state index contributed by atoms with van der Waals surface area (Å²) in [6, 6.07) is 10.3. The highest BCUT2D eigenvalue weighted by Gasteiger charge is 2.27. The van der Waals surface area contributed by atoms with Gasteiger partial charge in [0.15, 0.2) is 0 Å². The van der Waals surface area contributed by atoms with Gasteiger partial charge in [0.25, 0.3) is 0 Å². The minimum Gasteiger partial charge on any atom is -0.495 e. The van der Waals surface area contributed by atoms with E-state index in [1.165, 1.54) is 18.5 Å². The highest BCUT2D eigenvalue weighted by molar-refractivity contribution is 5.59. The lowest BCUT2D eigenvalue weighted by atomic mass is 10.2. The average Bonchev–Trinajstić information content (AvgIpc) is 3.47. The van der Waals surface area contributed by atoms with Gasteiger partial charge in [-0.3, -0.25) is 0 Å². The van der Waals surface area contributed by atoms with E-state index < -0.39 is 0 Å². The number of hydrogen-bond donors (Lipinski definition) is 0. The lowest BCUT2D eigenvalue weighted by Crippen LogP contribution is -2.47. The van der Waals surface area contributed by atoms with Crippen LogP contribution < -0.4 is 14.5 Å². The average molecular weight is 310 g/mol. The molecule has 4 rings (SSSR count). The zero-order valence-electron chi connectivity index (χ0n) is 13.5. The summed E-state index contributed by atoms with van der Waals surface area (Å²) >= 11 is 0. The molecule has 0 unspecified atom stereocenters. The first-order chi connectivity index (χ1) is 11.3. The third kappa shape index (κ3) is 2.96. The van der Waals surface area contributed by atoms with Gasteiger partial charge in [0.05, 0.1) is 12.8 Å². The minimum absolute atomic E-state index is 0.602. The summed E-state index contributed by atoms with van der Waals surface area (Å²) in [5.41, 5.74) is 1.18. The molecule has 0 N–H and O–H groups in total. The van der Waals surface area contributed by atoms with Gasteiger partial charge in [-0.05, 0) is 31.0 Å². The maximum absolute atomic E-state index is 5.48. The molecule has 1 aromatic heterocycles. The van der Waals surface area contributed by atoms with E-state index in [1.807, 2.05) is 24.4 Å². The summed E-state index contributed by atoms with van der Waals surface area (Å²) in [6.45, 7) is 3.89. The molecule has 2 heterocycles. The van der Waals surface area contributed by atoms with Crippen LogP contribution >= 0.6 is 0 Å². The quantitative estimate of drug-likeness (QED) is 0.868. The number of methoxy groups -OCH3 is 1. The first-order valence-electron chi connectivity index (χ1n) is 8.31. The van der Waals surface area contributed by atoms with Crippen molar-refractivity contribution in [2.75, 3.05) is 43.1 Å². The van der Waals surface area contributed by atoms with E-state index in [-0.39, 0.29) is 0 Å². The lowest BCUT2D eigenvalue weighted by molar-refractivity contribution is 0.413. The van der Waals surface area contributed by atoms with E-state index in [2.05, 4.69) is 26.9 Å². The molecule has 23 heavy (non-hydrogen) atoms. The van der Waals surface area contributed by atoms with Crippen molar-refractivity contribution in [3.63, 3.8) is 0 Å². The molecule has 2 aromatic rings. The van der Waals surface area contributed by atoms with Crippen LogP contribution in [0.15, 0.2) is 36.5 Å². The molecule has 1 saturated heterocycles. The zero-order valence-corrected chi connectivity index (χ0v) is 13.5. The topological polar surface area (TPSA) is 41.5 Å². The molecular weight excluding hydrogens is 288 g/mol. The van der Waals surface area contributed by atoms with Gasteiger partial charge in [-0.1, -0.05) is 12.1 Å². The van der Waals surface area contributed by atoms with Crippen molar-refractivity contribution in [2.45, 2.75) is 18.8 Å². The highest BCUT2D eigenvalue weighted by Crippen LogP contribution is 2.38. The first kappa shape index (κ1) is 14.3. The molecule has 5 nitrogen and oxygen atoms in total. The number of rotatable bonds is 4. The molecule has 0 bridgehead atoms. The van der Waals surface area contributed by atoms with Crippen molar-refractivity contribution >= 4 is 11.5 Å². The van der Waals surface area contributed by atoms with Crippen LogP contribution in [-0.2, 0) is 0 Å². The number of ether oxygens (including phenoxy) is 1. The zero-order chi connectivity index (χ0) is 15.6. The Hall–Kier alpha value is -2.30. The molecule has 0 amide bonds. The molecule has 5 heteroatoms. The van der Waals surface area contributed by atoms with Gasteiger partial charge in [-0.15, -0.1) is 0 Å². The van der Waals surface area contributed by atoms with Gasteiger partial charge >= 0.3 is 0 Å². The lowest BCUT2D eigenvalue weighted by Gasteiger charge is -2.37. The molecule has 0 radical (unpaired) electrons. The van der Waals surface area contributed by atoms with Crippen molar-refractivity contribution in [3.8, 4) is 5.75 Å². The molecule has 1 saturated carbocycles. The number of nitrogens with zero attached hydrogens (tertiary/aromatic N) is 4.